The maximum absolute atomic E-state index is 14.1. The molecule has 3 heterocycles. The maximum Gasteiger partial charge on any atom is 0.271 e. The molecule has 0 aliphatic carbocycles. The number of likely N-dealkylation sites (N-methyl/N-ethyl adjacent to an activating group) is 1. The number of thiazole rings is 1. The summed E-state index contributed by atoms with van der Waals surface area (Å²) in [6.07, 6.45) is 1.72. The van der Waals surface area contributed by atoms with Crippen molar-refractivity contribution < 1.29 is 18.7 Å². The van der Waals surface area contributed by atoms with E-state index in [4.69, 9.17) is 18.9 Å². The first-order chi connectivity index (χ1) is 19.8. The van der Waals surface area contributed by atoms with Gasteiger partial charge in [-0.2, -0.15) is 0 Å². The first-order valence-electron chi connectivity index (χ1n) is 13.2. The van der Waals surface area contributed by atoms with Crippen molar-refractivity contribution in [1.29, 1.82) is 0 Å². The Balaban J connectivity index is 1.70. The highest BCUT2D eigenvalue weighted by Crippen LogP contribution is 2.38. The molecule has 0 fully saturated rings. The standard InChI is InChI=1S/C31H30BrN3O5S/c1-6-34(7-2)30(37)27-18(3)33-31-35(28(27)23-16-21(38-4)11-14-25(23)39-5)29(36)26(41-31)17-22-12-13-24(40-22)19-9-8-10-20(32)15-19/h8-17,28H,6-7H2,1-5H3/b26-17+/t28-/m1/s1. The van der Waals surface area contributed by atoms with Crippen molar-refractivity contribution in [2.24, 2.45) is 4.99 Å². The molecule has 10 heteroatoms. The minimum Gasteiger partial charge on any atom is -0.497 e. The number of carbonyl (C=O) groups excluding carboxylic acids is 1. The zero-order valence-corrected chi connectivity index (χ0v) is 25.8. The van der Waals surface area contributed by atoms with Crippen LogP contribution in [0.5, 0.6) is 11.5 Å². The van der Waals surface area contributed by atoms with Gasteiger partial charge in [-0.25, -0.2) is 4.99 Å². The predicted octanol–water partition coefficient (Wildman–Crippen LogP) is 5.14. The third-order valence-corrected chi connectivity index (χ3v) is 8.52. The Hall–Kier alpha value is -3.89. The largest absolute Gasteiger partial charge is 0.497 e. The number of ether oxygens (including phenoxy) is 2. The number of aromatic nitrogens is 1. The molecule has 0 spiro atoms. The summed E-state index contributed by atoms with van der Waals surface area (Å²) in [5, 5.41) is 0. The second-order valence-corrected chi connectivity index (χ2v) is 11.3. The van der Waals surface area contributed by atoms with Crippen LogP contribution >= 0.6 is 27.3 Å². The Bertz CT molecular complexity index is 1830. The van der Waals surface area contributed by atoms with E-state index in [1.807, 2.05) is 63.2 Å². The first-order valence-corrected chi connectivity index (χ1v) is 14.8. The highest BCUT2D eigenvalue weighted by atomic mass is 79.9. The number of hydrogen-bond donors (Lipinski definition) is 0. The third kappa shape index (κ3) is 5.41. The van der Waals surface area contributed by atoms with Crippen LogP contribution in [0.1, 0.15) is 38.1 Å². The second-order valence-electron chi connectivity index (χ2n) is 9.38. The van der Waals surface area contributed by atoms with E-state index in [-0.39, 0.29) is 11.5 Å². The number of carbonyl (C=O) groups is 1. The fraction of sp³-hybridized carbons (Fsp3) is 0.258. The number of furan rings is 1. The normalized spacial score (nSPS) is 15.0. The van der Waals surface area contributed by atoms with Crippen LogP contribution in [-0.2, 0) is 4.79 Å². The van der Waals surface area contributed by atoms with E-state index in [0.29, 0.717) is 62.3 Å². The molecule has 41 heavy (non-hydrogen) atoms. The third-order valence-electron chi connectivity index (χ3n) is 7.04. The molecule has 2 aromatic heterocycles. The highest BCUT2D eigenvalue weighted by molar-refractivity contribution is 9.10. The molecule has 8 nitrogen and oxygen atoms in total. The minimum atomic E-state index is -0.764. The molecule has 212 valence electrons. The van der Waals surface area contributed by atoms with Crippen LogP contribution in [0.4, 0.5) is 0 Å². The van der Waals surface area contributed by atoms with Gasteiger partial charge < -0.3 is 18.8 Å². The number of rotatable bonds is 8. The average Bonchev–Trinajstić information content (AvgIpc) is 3.56. The molecule has 0 unspecified atom stereocenters. The van der Waals surface area contributed by atoms with Crippen LogP contribution in [-0.4, -0.2) is 42.7 Å². The van der Waals surface area contributed by atoms with Crippen LogP contribution in [0, 0.1) is 0 Å². The second kappa shape index (κ2) is 11.9. The zero-order chi connectivity index (χ0) is 29.3. The monoisotopic (exact) mass is 635 g/mol. The van der Waals surface area contributed by atoms with Crippen molar-refractivity contribution in [1.82, 2.24) is 9.47 Å². The quantitative estimate of drug-likeness (QED) is 0.267. The molecule has 1 atom stereocenters. The summed E-state index contributed by atoms with van der Waals surface area (Å²) in [6, 6.07) is 16.1. The summed E-state index contributed by atoms with van der Waals surface area (Å²) in [6.45, 7) is 6.72. The van der Waals surface area contributed by atoms with Crippen molar-refractivity contribution in [3.63, 3.8) is 0 Å². The zero-order valence-electron chi connectivity index (χ0n) is 23.4. The molecular formula is C31H30BrN3O5S. The smallest absolute Gasteiger partial charge is 0.271 e. The van der Waals surface area contributed by atoms with Crippen molar-refractivity contribution in [2.45, 2.75) is 26.8 Å². The summed E-state index contributed by atoms with van der Waals surface area (Å²) in [5.74, 6) is 2.17. The van der Waals surface area contributed by atoms with Crippen LogP contribution in [0.3, 0.4) is 0 Å². The molecule has 4 aromatic rings. The minimum absolute atomic E-state index is 0.176. The molecule has 0 saturated carbocycles. The SMILES string of the molecule is CCN(CC)C(=O)C1=C(C)N=c2s/c(=C/c3ccc(-c4cccc(Br)c4)o3)c(=O)n2[C@@H]1c1cc(OC)ccc1OC. The Labute approximate surface area is 250 Å². The van der Waals surface area contributed by atoms with Gasteiger partial charge in [0, 0.05) is 34.8 Å². The number of nitrogens with zero attached hydrogens (tertiary/aromatic N) is 3. The van der Waals surface area contributed by atoms with Gasteiger partial charge in [0.25, 0.3) is 11.5 Å². The van der Waals surface area contributed by atoms with Gasteiger partial charge in [0.2, 0.25) is 0 Å². The van der Waals surface area contributed by atoms with Crippen LogP contribution in [0.25, 0.3) is 17.4 Å². The van der Waals surface area contributed by atoms with Gasteiger partial charge in [0.15, 0.2) is 4.80 Å². The average molecular weight is 637 g/mol. The molecule has 2 aromatic carbocycles. The fourth-order valence-corrected chi connectivity index (χ4v) is 6.41. The number of amides is 1. The van der Waals surface area contributed by atoms with Gasteiger partial charge >= 0.3 is 0 Å². The number of allylic oxidation sites excluding steroid dienone is 1. The van der Waals surface area contributed by atoms with Crippen LogP contribution in [0.15, 0.2) is 84.5 Å². The summed E-state index contributed by atoms with van der Waals surface area (Å²) in [5.41, 5.74) is 2.26. The van der Waals surface area contributed by atoms with Gasteiger partial charge in [0.1, 0.15) is 29.1 Å². The van der Waals surface area contributed by atoms with Crippen molar-refractivity contribution in [2.75, 3.05) is 27.3 Å². The van der Waals surface area contributed by atoms with E-state index in [2.05, 4.69) is 15.9 Å². The number of fused-ring (bicyclic) bond motifs is 1. The molecular weight excluding hydrogens is 606 g/mol. The van der Waals surface area contributed by atoms with E-state index in [0.717, 1.165) is 10.0 Å². The molecule has 0 radical (unpaired) electrons. The van der Waals surface area contributed by atoms with Crippen LogP contribution in [0.2, 0.25) is 0 Å². The fourth-order valence-electron chi connectivity index (χ4n) is 4.98. The highest BCUT2D eigenvalue weighted by Gasteiger charge is 2.36. The summed E-state index contributed by atoms with van der Waals surface area (Å²) in [4.78, 5) is 34.9. The molecule has 1 aliphatic rings. The summed E-state index contributed by atoms with van der Waals surface area (Å²) in [7, 11) is 3.14. The van der Waals surface area contributed by atoms with Gasteiger partial charge in [-0.05, 0) is 63.2 Å². The summed E-state index contributed by atoms with van der Waals surface area (Å²) < 4.78 is 20.3. The number of hydrogen-bond acceptors (Lipinski definition) is 7. The van der Waals surface area contributed by atoms with Crippen molar-refractivity contribution >= 4 is 39.2 Å². The van der Waals surface area contributed by atoms with Gasteiger partial charge in [-0.1, -0.05) is 39.4 Å². The van der Waals surface area contributed by atoms with Crippen LogP contribution < -0.4 is 24.4 Å². The molecule has 1 amide bonds. The Morgan fingerprint density at radius 2 is 1.90 bits per heavy atom. The molecule has 0 saturated heterocycles. The topological polar surface area (TPSA) is 86.3 Å². The number of benzene rings is 2. The Morgan fingerprint density at radius 3 is 2.59 bits per heavy atom. The lowest BCUT2D eigenvalue weighted by atomic mass is 9.93. The van der Waals surface area contributed by atoms with Gasteiger partial charge in [-0.15, -0.1) is 0 Å². The Morgan fingerprint density at radius 1 is 1.12 bits per heavy atom. The summed E-state index contributed by atoms with van der Waals surface area (Å²) >= 11 is 4.75. The molecule has 5 rings (SSSR count). The van der Waals surface area contributed by atoms with Gasteiger partial charge in [-0.3, -0.25) is 14.2 Å². The van der Waals surface area contributed by atoms with Crippen molar-refractivity contribution in [3.05, 3.63) is 101 Å². The lowest BCUT2D eigenvalue weighted by molar-refractivity contribution is -0.127. The van der Waals surface area contributed by atoms with Crippen molar-refractivity contribution in [3.8, 4) is 22.8 Å². The van der Waals surface area contributed by atoms with Gasteiger partial charge in [0.05, 0.1) is 30.0 Å². The van der Waals surface area contributed by atoms with E-state index >= 15 is 0 Å². The van der Waals surface area contributed by atoms with E-state index in [9.17, 15) is 9.59 Å². The van der Waals surface area contributed by atoms with E-state index in [1.165, 1.54) is 11.3 Å². The lowest BCUT2D eigenvalue weighted by Gasteiger charge is -2.30. The van der Waals surface area contributed by atoms with E-state index in [1.54, 1.807) is 41.9 Å². The number of methoxy groups -OCH3 is 2. The predicted molar refractivity (Wildman–Crippen MR) is 163 cm³/mol. The number of halogens is 1. The lowest BCUT2D eigenvalue weighted by Crippen LogP contribution is -2.43. The molecule has 0 N–H and O–H groups in total. The first kappa shape index (κ1) is 28.6. The molecule has 0 bridgehead atoms. The maximum atomic E-state index is 14.1. The van der Waals surface area contributed by atoms with E-state index < -0.39 is 6.04 Å². The molecule has 1 aliphatic heterocycles. The Kier molecular flexibility index (Phi) is 8.32.